The van der Waals surface area contributed by atoms with E-state index in [1.807, 2.05) is 30.3 Å². The van der Waals surface area contributed by atoms with Crippen molar-refractivity contribution in [1.82, 2.24) is 10.2 Å². The highest BCUT2D eigenvalue weighted by molar-refractivity contribution is 8.13. The van der Waals surface area contributed by atoms with E-state index in [1.54, 1.807) is 4.90 Å². The van der Waals surface area contributed by atoms with Gasteiger partial charge in [0.05, 0.1) is 0 Å². The lowest BCUT2D eigenvalue weighted by Gasteiger charge is -2.22. The first-order valence-corrected chi connectivity index (χ1v) is 8.25. The van der Waals surface area contributed by atoms with Gasteiger partial charge in [-0.1, -0.05) is 42.1 Å². The van der Waals surface area contributed by atoms with Gasteiger partial charge in [0.1, 0.15) is 6.29 Å². The highest BCUT2D eigenvalue weighted by atomic mass is 32.2. The molecule has 0 aromatic heterocycles. The van der Waals surface area contributed by atoms with E-state index >= 15 is 0 Å². The van der Waals surface area contributed by atoms with Crippen LogP contribution in [0.5, 0.6) is 0 Å². The number of rotatable bonds is 9. The maximum absolute atomic E-state index is 12.1. The summed E-state index contributed by atoms with van der Waals surface area (Å²) in [4.78, 5) is 35.1. The van der Waals surface area contributed by atoms with Gasteiger partial charge < -0.3 is 15.0 Å². The zero-order valence-corrected chi connectivity index (χ0v) is 13.6. The van der Waals surface area contributed by atoms with Gasteiger partial charge in [0.15, 0.2) is 5.12 Å². The summed E-state index contributed by atoms with van der Waals surface area (Å²) in [6.45, 7) is 2.94. The van der Waals surface area contributed by atoms with Crippen LogP contribution in [0.4, 0.5) is 4.79 Å². The van der Waals surface area contributed by atoms with Crippen LogP contribution in [-0.4, -0.2) is 47.7 Å². The van der Waals surface area contributed by atoms with Crippen LogP contribution in [0.3, 0.4) is 0 Å². The van der Waals surface area contributed by atoms with Crippen molar-refractivity contribution in [2.45, 2.75) is 19.8 Å². The van der Waals surface area contributed by atoms with Gasteiger partial charge in [-0.05, 0) is 12.0 Å². The molecule has 0 aliphatic heterocycles. The van der Waals surface area contributed by atoms with E-state index in [9.17, 15) is 14.4 Å². The van der Waals surface area contributed by atoms with Gasteiger partial charge in [-0.15, -0.1) is 0 Å². The first-order chi connectivity index (χ1) is 10.6. The van der Waals surface area contributed by atoms with E-state index in [1.165, 1.54) is 18.7 Å². The Morgan fingerprint density at radius 2 is 1.95 bits per heavy atom. The van der Waals surface area contributed by atoms with Crippen LogP contribution in [0.15, 0.2) is 30.3 Å². The van der Waals surface area contributed by atoms with E-state index in [-0.39, 0.29) is 11.1 Å². The molecule has 22 heavy (non-hydrogen) atoms. The van der Waals surface area contributed by atoms with Gasteiger partial charge in [0, 0.05) is 38.7 Å². The van der Waals surface area contributed by atoms with Crippen LogP contribution in [0, 0.1) is 0 Å². The molecule has 0 radical (unpaired) electrons. The zero-order chi connectivity index (χ0) is 16.2. The van der Waals surface area contributed by atoms with Gasteiger partial charge in [0.2, 0.25) is 0 Å². The van der Waals surface area contributed by atoms with Crippen molar-refractivity contribution in [1.29, 1.82) is 0 Å². The van der Waals surface area contributed by atoms with Crippen LogP contribution in [0.2, 0.25) is 0 Å². The third-order valence-electron chi connectivity index (χ3n) is 3.01. The quantitative estimate of drug-likeness (QED) is 0.558. The number of amides is 2. The lowest BCUT2D eigenvalue weighted by molar-refractivity contribution is -0.109. The summed E-state index contributed by atoms with van der Waals surface area (Å²) in [7, 11) is 0. The van der Waals surface area contributed by atoms with Gasteiger partial charge in [-0.2, -0.15) is 0 Å². The highest BCUT2D eigenvalue weighted by Crippen LogP contribution is 2.05. The molecular formula is C16H22N2O3S. The minimum absolute atomic E-state index is 0.0457. The molecule has 0 saturated heterocycles. The number of benzene rings is 1. The molecule has 2 amide bonds. The number of nitrogens with one attached hydrogen (secondary N) is 1. The lowest BCUT2D eigenvalue weighted by atomic mass is 10.1. The Kier molecular flexibility index (Phi) is 8.98. The standard InChI is InChI=1S/C16H22N2O3S/c1-14(20)22-13-11-18(16(21)17-9-5-12-19)10-8-15-6-3-2-4-7-15/h2-4,6-7,12H,5,8-11,13H2,1H3,(H,17,21). The molecule has 1 aromatic rings. The molecule has 0 aliphatic rings. The van der Waals surface area contributed by atoms with Crippen LogP contribution in [-0.2, 0) is 16.0 Å². The Hall–Kier alpha value is -1.82. The fourth-order valence-corrected chi connectivity index (χ4v) is 2.47. The smallest absolute Gasteiger partial charge is 0.317 e. The summed E-state index contributed by atoms with van der Waals surface area (Å²) in [5.74, 6) is 0.575. The summed E-state index contributed by atoms with van der Waals surface area (Å²) in [6, 6.07) is 9.74. The van der Waals surface area contributed by atoms with Gasteiger partial charge in [0.25, 0.3) is 0 Å². The maximum Gasteiger partial charge on any atom is 0.317 e. The number of aldehydes is 1. The van der Waals surface area contributed by atoms with Crippen LogP contribution >= 0.6 is 11.8 Å². The van der Waals surface area contributed by atoms with E-state index in [4.69, 9.17) is 0 Å². The summed E-state index contributed by atoms with van der Waals surface area (Å²) >= 11 is 1.21. The predicted octanol–water partition coefficient (Wildman–Crippen LogP) is 2.11. The molecule has 0 saturated carbocycles. The topological polar surface area (TPSA) is 66.5 Å². The second-order valence-electron chi connectivity index (χ2n) is 4.75. The number of hydrogen-bond donors (Lipinski definition) is 1. The fraction of sp³-hybridized carbons (Fsp3) is 0.438. The van der Waals surface area contributed by atoms with Crippen molar-refractivity contribution < 1.29 is 14.4 Å². The molecule has 120 valence electrons. The first kappa shape index (κ1) is 18.2. The van der Waals surface area contributed by atoms with E-state index in [0.29, 0.717) is 31.8 Å². The molecule has 0 aliphatic carbocycles. The molecule has 0 bridgehead atoms. The van der Waals surface area contributed by atoms with Gasteiger partial charge >= 0.3 is 6.03 Å². The second-order valence-corrected chi connectivity index (χ2v) is 6.02. The van der Waals surface area contributed by atoms with Gasteiger partial charge in [-0.25, -0.2) is 4.79 Å². The van der Waals surface area contributed by atoms with Gasteiger partial charge in [-0.3, -0.25) is 4.79 Å². The summed E-state index contributed by atoms with van der Waals surface area (Å²) in [5.41, 5.74) is 1.16. The first-order valence-electron chi connectivity index (χ1n) is 7.27. The van der Waals surface area contributed by atoms with E-state index in [2.05, 4.69) is 5.32 Å². The Bertz CT molecular complexity index is 480. The fourth-order valence-electron chi connectivity index (χ4n) is 1.87. The van der Waals surface area contributed by atoms with Crippen molar-refractivity contribution in [3.63, 3.8) is 0 Å². The molecule has 0 atom stereocenters. The molecule has 0 unspecified atom stereocenters. The van der Waals surface area contributed by atoms with E-state index < -0.39 is 0 Å². The second kappa shape index (κ2) is 10.8. The summed E-state index contributed by atoms with van der Waals surface area (Å²) in [5, 5.41) is 2.77. The third-order valence-corrected chi connectivity index (χ3v) is 3.80. The van der Waals surface area contributed by atoms with Crippen molar-refractivity contribution in [3.8, 4) is 0 Å². The van der Waals surface area contributed by atoms with Crippen LogP contribution in [0.1, 0.15) is 18.9 Å². The molecule has 5 nitrogen and oxygen atoms in total. The third kappa shape index (κ3) is 7.83. The Balaban J connectivity index is 2.50. The Morgan fingerprint density at radius 3 is 2.59 bits per heavy atom. The minimum atomic E-state index is -0.193. The minimum Gasteiger partial charge on any atom is -0.338 e. The molecule has 0 fully saturated rings. The lowest BCUT2D eigenvalue weighted by Crippen LogP contribution is -2.42. The Morgan fingerprint density at radius 1 is 1.23 bits per heavy atom. The number of nitrogens with zero attached hydrogens (tertiary/aromatic N) is 1. The average molecular weight is 322 g/mol. The zero-order valence-electron chi connectivity index (χ0n) is 12.8. The molecule has 0 heterocycles. The Labute approximate surface area is 135 Å². The average Bonchev–Trinajstić information content (AvgIpc) is 2.51. The molecule has 1 rings (SSSR count). The largest absolute Gasteiger partial charge is 0.338 e. The monoisotopic (exact) mass is 322 g/mol. The molecular weight excluding hydrogens is 300 g/mol. The highest BCUT2D eigenvalue weighted by Gasteiger charge is 2.13. The summed E-state index contributed by atoms with van der Waals surface area (Å²) in [6.07, 6.45) is 1.84. The maximum atomic E-state index is 12.1. The number of carbonyl (C=O) groups excluding carboxylic acids is 3. The van der Waals surface area contributed by atoms with Crippen molar-refractivity contribution in [2.75, 3.05) is 25.4 Å². The normalized spacial score (nSPS) is 10.0. The number of carbonyl (C=O) groups is 3. The molecule has 1 N–H and O–H groups in total. The van der Waals surface area contributed by atoms with Crippen LogP contribution in [0.25, 0.3) is 0 Å². The number of urea groups is 1. The summed E-state index contributed by atoms with van der Waals surface area (Å²) < 4.78 is 0. The van der Waals surface area contributed by atoms with Crippen molar-refractivity contribution in [2.24, 2.45) is 0 Å². The molecule has 0 spiro atoms. The van der Waals surface area contributed by atoms with Crippen molar-refractivity contribution in [3.05, 3.63) is 35.9 Å². The number of thioether (sulfide) groups is 1. The molecule has 6 heteroatoms. The SMILES string of the molecule is CC(=O)SCCN(CCc1ccccc1)C(=O)NCCC=O. The predicted molar refractivity (Wildman–Crippen MR) is 88.9 cm³/mol. The number of hydrogen-bond acceptors (Lipinski definition) is 4. The molecule has 1 aromatic carbocycles. The van der Waals surface area contributed by atoms with Crippen molar-refractivity contribution >= 4 is 29.2 Å². The van der Waals surface area contributed by atoms with Crippen LogP contribution < -0.4 is 5.32 Å². The van der Waals surface area contributed by atoms with E-state index in [0.717, 1.165) is 18.3 Å².